The maximum Gasteiger partial charge on any atom is 0.313 e. The lowest BCUT2D eigenvalue weighted by atomic mass is 10.3. The van der Waals surface area contributed by atoms with Crippen molar-refractivity contribution >= 4 is 17.6 Å². The number of aromatic nitrogens is 2. The highest BCUT2D eigenvalue weighted by Crippen LogP contribution is 2.06. The molecule has 0 spiro atoms. The van der Waals surface area contributed by atoms with Crippen molar-refractivity contribution in [3.05, 3.63) is 48.7 Å². The molecule has 0 aromatic carbocycles. The molecule has 1 N–H and O–H groups in total. The molecule has 2 aromatic rings. The molecule has 0 saturated carbocycles. The molecule has 22 heavy (non-hydrogen) atoms. The van der Waals surface area contributed by atoms with Crippen molar-refractivity contribution in [3.63, 3.8) is 0 Å². The van der Waals surface area contributed by atoms with Crippen LogP contribution in [0.4, 0.5) is 5.82 Å². The highest BCUT2D eigenvalue weighted by Gasteiger charge is 2.06. The zero-order valence-corrected chi connectivity index (χ0v) is 12.2. The van der Waals surface area contributed by atoms with Crippen LogP contribution in [0.5, 0.6) is 0 Å². The van der Waals surface area contributed by atoms with Crippen LogP contribution in [0.2, 0.25) is 0 Å². The molecule has 0 unspecified atom stereocenters. The molecule has 0 fully saturated rings. The standard InChI is InChI=1S/C15H17N3O4/c1-2-21-15(20)10-12(19)5-7-16-14-6-8-18(17-14)11-13-4-3-9-22-13/h3-9H,2,10-11H2,1H3,(H,16,17). The maximum absolute atomic E-state index is 11.5. The van der Waals surface area contributed by atoms with Gasteiger partial charge in [0.15, 0.2) is 11.6 Å². The van der Waals surface area contributed by atoms with E-state index < -0.39 is 5.97 Å². The highest BCUT2D eigenvalue weighted by molar-refractivity contribution is 6.01. The zero-order chi connectivity index (χ0) is 15.8. The van der Waals surface area contributed by atoms with Crippen molar-refractivity contribution in [2.24, 2.45) is 0 Å². The minimum absolute atomic E-state index is 0.265. The number of hydrogen-bond donors (Lipinski definition) is 1. The number of esters is 1. The smallest absolute Gasteiger partial charge is 0.313 e. The largest absolute Gasteiger partial charge is 0.467 e. The molecule has 0 amide bonds. The molecule has 116 valence electrons. The van der Waals surface area contributed by atoms with Gasteiger partial charge in [-0.1, -0.05) is 0 Å². The van der Waals surface area contributed by atoms with E-state index in [0.717, 1.165) is 5.76 Å². The Morgan fingerprint density at radius 2 is 2.32 bits per heavy atom. The number of nitrogens with zero attached hydrogens (tertiary/aromatic N) is 2. The van der Waals surface area contributed by atoms with E-state index in [4.69, 9.17) is 9.15 Å². The molecule has 0 radical (unpaired) electrons. The first-order chi connectivity index (χ1) is 10.7. The van der Waals surface area contributed by atoms with E-state index in [-0.39, 0.29) is 18.8 Å². The van der Waals surface area contributed by atoms with Crippen molar-refractivity contribution < 1.29 is 18.7 Å². The molecule has 2 rings (SSSR count). The van der Waals surface area contributed by atoms with Crippen LogP contribution < -0.4 is 5.32 Å². The van der Waals surface area contributed by atoms with Gasteiger partial charge in [-0.25, -0.2) is 0 Å². The van der Waals surface area contributed by atoms with Crippen molar-refractivity contribution in [2.75, 3.05) is 11.9 Å². The SMILES string of the molecule is CCOC(=O)CC(=O)C=CNc1ccn(Cc2ccco2)n1. The monoisotopic (exact) mass is 303 g/mol. The van der Waals surface area contributed by atoms with Gasteiger partial charge in [-0.15, -0.1) is 0 Å². The summed E-state index contributed by atoms with van der Waals surface area (Å²) in [5, 5.41) is 7.13. The van der Waals surface area contributed by atoms with Crippen LogP contribution >= 0.6 is 0 Å². The lowest BCUT2D eigenvalue weighted by Gasteiger charge is -1.99. The lowest BCUT2D eigenvalue weighted by molar-refractivity contribution is -0.144. The third kappa shape index (κ3) is 4.93. The quantitative estimate of drug-likeness (QED) is 0.456. The number of ether oxygens (including phenoxy) is 1. The summed E-state index contributed by atoms with van der Waals surface area (Å²) in [5.74, 6) is 0.530. The molecule has 0 bridgehead atoms. The van der Waals surface area contributed by atoms with Gasteiger partial charge in [0.05, 0.1) is 19.4 Å². The summed E-state index contributed by atoms with van der Waals surface area (Å²) in [4.78, 5) is 22.6. The van der Waals surface area contributed by atoms with E-state index in [0.29, 0.717) is 12.4 Å². The lowest BCUT2D eigenvalue weighted by Crippen LogP contribution is -2.09. The number of carbonyl (C=O) groups is 2. The average Bonchev–Trinajstić information content (AvgIpc) is 3.11. The fraction of sp³-hybridized carbons (Fsp3) is 0.267. The van der Waals surface area contributed by atoms with Crippen LogP contribution in [0.3, 0.4) is 0 Å². The molecule has 0 aliphatic heterocycles. The van der Waals surface area contributed by atoms with Crippen LogP contribution in [0, 0.1) is 0 Å². The Kier molecular flexibility index (Phi) is 5.53. The number of furan rings is 1. The molecule has 2 aromatic heterocycles. The Bertz CT molecular complexity index is 644. The highest BCUT2D eigenvalue weighted by atomic mass is 16.5. The summed E-state index contributed by atoms with van der Waals surface area (Å²) >= 11 is 0. The molecule has 7 heteroatoms. The number of anilines is 1. The molecule has 0 aliphatic rings. The number of carbonyl (C=O) groups excluding carboxylic acids is 2. The van der Waals surface area contributed by atoms with Gasteiger partial charge < -0.3 is 14.5 Å². The Morgan fingerprint density at radius 1 is 1.45 bits per heavy atom. The van der Waals surface area contributed by atoms with E-state index in [1.165, 1.54) is 12.3 Å². The van der Waals surface area contributed by atoms with Gasteiger partial charge in [0.1, 0.15) is 12.2 Å². The summed E-state index contributed by atoms with van der Waals surface area (Å²) in [5.41, 5.74) is 0. The zero-order valence-electron chi connectivity index (χ0n) is 12.2. The summed E-state index contributed by atoms with van der Waals surface area (Å²) in [6.45, 7) is 2.49. The van der Waals surface area contributed by atoms with Gasteiger partial charge in [-0.05, 0) is 25.1 Å². The van der Waals surface area contributed by atoms with E-state index in [1.807, 2.05) is 12.1 Å². The first-order valence-electron chi connectivity index (χ1n) is 6.84. The van der Waals surface area contributed by atoms with Gasteiger partial charge in [0.25, 0.3) is 0 Å². The Morgan fingerprint density at radius 3 is 3.05 bits per heavy atom. The minimum Gasteiger partial charge on any atom is -0.467 e. The van der Waals surface area contributed by atoms with Gasteiger partial charge in [0, 0.05) is 18.5 Å². The second-order valence-corrected chi connectivity index (χ2v) is 4.40. The normalized spacial score (nSPS) is 10.8. The summed E-state index contributed by atoms with van der Waals surface area (Å²) < 4.78 is 11.6. The maximum atomic E-state index is 11.5. The third-order valence-electron chi connectivity index (χ3n) is 2.66. The first-order valence-corrected chi connectivity index (χ1v) is 6.84. The van der Waals surface area contributed by atoms with Gasteiger partial charge in [-0.3, -0.25) is 14.3 Å². The van der Waals surface area contributed by atoms with Crippen LogP contribution in [0.25, 0.3) is 0 Å². The second kappa shape index (κ2) is 7.82. The van der Waals surface area contributed by atoms with Crippen molar-refractivity contribution in [2.45, 2.75) is 19.9 Å². The van der Waals surface area contributed by atoms with Gasteiger partial charge in [0.2, 0.25) is 0 Å². The average molecular weight is 303 g/mol. The van der Waals surface area contributed by atoms with Crippen molar-refractivity contribution in [1.82, 2.24) is 9.78 Å². The number of ketones is 1. The number of rotatable bonds is 8. The van der Waals surface area contributed by atoms with Crippen molar-refractivity contribution in [3.8, 4) is 0 Å². The molecule has 0 saturated heterocycles. The van der Waals surface area contributed by atoms with Crippen LogP contribution in [0.15, 0.2) is 47.4 Å². The van der Waals surface area contributed by atoms with Gasteiger partial charge in [-0.2, -0.15) is 5.10 Å². The molecule has 0 aliphatic carbocycles. The van der Waals surface area contributed by atoms with Crippen LogP contribution in [-0.2, 0) is 20.9 Å². The Balaban J connectivity index is 1.79. The van der Waals surface area contributed by atoms with Crippen LogP contribution in [-0.4, -0.2) is 28.1 Å². The molecular weight excluding hydrogens is 286 g/mol. The second-order valence-electron chi connectivity index (χ2n) is 4.40. The Hall–Kier alpha value is -2.83. The predicted molar refractivity (Wildman–Crippen MR) is 79.1 cm³/mol. The minimum atomic E-state index is -0.528. The predicted octanol–water partition coefficient (Wildman–Crippen LogP) is 1.97. The van der Waals surface area contributed by atoms with Gasteiger partial charge >= 0.3 is 5.97 Å². The van der Waals surface area contributed by atoms with E-state index in [2.05, 4.69) is 10.4 Å². The summed E-state index contributed by atoms with van der Waals surface area (Å²) in [6, 6.07) is 5.45. The van der Waals surface area contributed by atoms with E-state index in [1.54, 1.807) is 30.1 Å². The molecular formula is C15H17N3O4. The first kappa shape index (κ1) is 15.6. The van der Waals surface area contributed by atoms with E-state index >= 15 is 0 Å². The summed E-state index contributed by atoms with van der Waals surface area (Å²) in [7, 11) is 0. The molecule has 7 nitrogen and oxygen atoms in total. The fourth-order valence-electron chi connectivity index (χ4n) is 1.72. The van der Waals surface area contributed by atoms with Crippen LogP contribution in [0.1, 0.15) is 19.1 Å². The van der Waals surface area contributed by atoms with Crippen molar-refractivity contribution in [1.29, 1.82) is 0 Å². The Labute approximate surface area is 127 Å². The van der Waals surface area contributed by atoms with E-state index in [9.17, 15) is 9.59 Å². The number of hydrogen-bond acceptors (Lipinski definition) is 6. The number of allylic oxidation sites excluding steroid dienone is 1. The number of nitrogens with one attached hydrogen (secondary N) is 1. The fourth-order valence-corrected chi connectivity index (χ4v) is 1.72. The topological polar surface area (TPSA) is 86.4 Å². The molecule has 2 heterocycles. The summed E-state index contributed by atoms with van der Waals surface area (Å²) in [6.07, 6.45) is 5.86. The molecule has 0 atom stereocenters. The third-order valence-corrected chi connectivity index (χ3v) is 2.66.